The molecule has 80 valence electrons. The van der Waals surface area contributed by atoms with Gasteiger partial charge < -0.3 is 0 Å². The zero-order valence-electron chi connectivity index (χ0n) is 9.99. The summed E-state index contributed by atoms with van der Waals surface area (Å²) in [7, 11) is 0. The van der Waals surface area contributed by atoms with Crippen LogP contribution in [0.5, 0.6) is 0 Å². The van der Waals surface area contributed by atoms with Gasteiger partial charge in [-0.15, -0.1) is 0 Å². The van der Waals surface area contributed by atoms with Gasteiger partial charge in [0.25, 0.3) is 0 Å². The summed E-state index contributed by atoms with van der Waals surface area (Å²) in [5, 5.41) is 9.22. The fraction of sp³-hybridized carbons (Fsp3) is 0.500. The van der Waals surface area contributed by atoms with Crippen molar-refractivity contribution in [1.82, 2.24) is 0 Å². The van der Waals surface area contributed by atoms with Gasteiger partial charge in [0.2, 0.25) is 0 Å². The van der Waals surface area contributed by atoms with Crippen LogP contribution in [-0.4, -0.2) is 0 Å². The minimum atomic E-state index is -0.310. The summed E-state index contributed by atoms with van der Waals surface area (Å²) in [6.07, 6.45) is 0. The van der Waals surface area contributed by atoms with Crippen molar-refractivity contribution < 1.29 is 0 Å². The van der Waals surface area contributed by atoms with Crippen LogP contribution in [0.3, 0.4) is 0 Å². The highest BCUT2D eigenvalue weighted by Crippen LogP contribution is 2.40. The van der Waals surface area contributed by atoms with E-state index in [9.17, 15) is 5.26 Å². The van der Waals surface area contributed by atoms with E-state index in [1.807, 2.05) is 32.0 Å². The van der Waals surface area contributed by atoms with Crippen molar-refractivity contribution in [1.29, 1.82) is 5.26 Å². The molecule has 0 aliphatic rings. The molecule has 1 aromatic carbocycles. The lowest BCUT2D eigenvalue weighted by Gasteiger charge is -2.31. The Balaban J connectivity index is 3.11. The first-order chi connectivity index (χ1) is 6.99. The maximum atomic E-state index is 9.22. The van der Waals surface area contributed by atoms with Gasteiger partial charge in [0, 0.05) is 5.92 Å². The number of nitriles is 1. The van der Waals surface area contributed by atoms with E-state index in [-0.39, 0.29) is 5.41 Å². The van der Waals surface area contributed by atoms with Crippen LogP contribution in [0, 0.1) is 22.7 Å². The van der Waals surface area contributed by atoms with E-state index in [0.29, 0.717) is 11.8 Å². The first kappa shape index (κ1) is 11.8. The van der Waals surface area contributed by atoms with Gasteiger partial charge in [0.05, 0.1) is 11.5 Å². The number of hydrogen-bond acceptors (Lipinski definition) is 1. The molecule has 0 aliphatic heterocycles. The smallest absolute Gasteiger partial charge is 0.0690 e. The summed E-state index contributed by atoms with van der Waals surface area (Å²) in [5.74, 6) is 0.769. The second kappa shape index (κ2) is 4.49. The summed E-state index contributed by atoms with van der Waals surface area (Å²) in [4.78, 5) is 0. The van der Waals surface area contributed by atoms with Gasteiger partial charge >= 0.3 is 0 Å². The van der Waals surface area contributed by atoms with Crippen LogP contribution in [0.2, 0.25) is 0 Å². The fourth-order valence-electron chi connectivity index (χ4n) is 2.36. The predicted octanol–water partition coefficient (Wildman–Crippen LogP) is 3.98. The third-order valence-corrected chi connectivity index (χ3v) is 2.89. The van der Waals surface area contributed by atoms with E-state index in [2.05, 4.69) is 32.0 Å². The molecule has 0 aromatic heterocycles. The highest BCUT2D eigenvalue weighted by molar-refractivity contribution is 5.25. The van der Waals surface area contributed by atoms with Gasteiger partial charge in [-0.05, 0) is 25.3 Å². The molecule has 1 aromatic rings. The molecule has 0 bridgehead atoms. The molecule has 0 saturated carbocycles. The van der Waals surface area contributed by atoms with Crippen molar-refractivity contribution >= 4 is 0 Å². The molecule has 0 radical (unpaired) electrons. The predicted molar refractivity (Wildman–Crippen MR) is 63.4 cm³/mol. The van der Waals surface area contributed by atoms with Gasteiger partial charge in [-0.25, -0.2) is 0 Å². The molecule has 0 saturated heterocycles. The van der Waals surface area contributed by atoms with Crippen molar-refractivity contribution in [2.24, 2.45) is 11.3 Å². The Bertz CT molecular complexity index is 343. The highest BCUT2D eigenvalue weighted by Gasteiger charge is 2.32. The van der Waals surface area contributed by atoms with Crippen LogP contribution in [0.1, 0.15) is 39.2 Å². The summed E-state index contributed by atoms with van der Waals surface area (Å²) < 4.78 is 0. The van der Waals surface area contributed by atoms with Gasteiger partial charge in [-0.1, -0.05) is 44.2 Å². The summed E-state index contributed by atoms with van der Waals surface area (Å²) in [6.45, 7) is 8.39. The van der Waals surface area contributed by atoms with Crippen LogP contribution in [0.15, 0.2) is 30.3 Å². The Morgan fingerprint density at radius 1 is 1.13 bits per heavy atom. The third kappa shape index (κ3) is 2.59. The quantitative estimate of drug-likeness (QED) is 0.725. The van der Waals surface area contributed by atoms with Gasteiger partial charge in [0.15, 0.2) is 0 Å². The van der Waals surface area contributed by atoms with E-state index in [4.69, 9.17) is 0 Å². The van der Waals surface area contributed by atoms with Crippen LogP contribution in [-0.2, 0) is 0 Å². The maximum Gasteiger partial charge on any atom is 0.0690 e. The van der Waals surface area contributed by atoms with Gasteiger partial charge in [-0.2, -0.15) is 5.26 Å². The van der Waals surface area contributed by atoms with Gasteiger partial charge in [0.1, 0.15) is 0 Å². The zero-order valence-corrected chi connectivity index (χ0v) is 9.99. The monoisotopic (exact) mass is 201 g/mol. The molecule has 0 N–H and O–H groups in total. The average molecular weight is 201 g/mol. The second-order valence-corrected chi connectivity index (χ2v) is 4.97. The third-order valence-electron chi connectivity index (χ3n) is 2.89. The molecule has 15 heavy (non-hydrogen) atoms. The van der Waals surface area contributed by atoms with E-state index < -0.39 is 0 Å². The zero-order chi connectivity index (χ0) is 11.5. The SMILES string of the molecule is CC(C)C(c1ccccc1)C(C)(C)C#N. The standard InChI is InChI=1S/C14H19N/c1-11(2)13(14(3,4)10-15)12-8-6-5-7-9-12/h5-9,11,13H,1-4H3. The maximum absolute atomic E-state index is 9.22. The number of benzene rings is 1. The molecule has 1 nitrogen and oxygen atoms in total. The molecular weight excluding hydrogens is 182 g/mol. The summed E-state index contributed by atoms with van der Waals surface area (Å²) >= 11 is 0. The Labute approximate surface area is 92.7 Å². The van der Waals surface area contributed by atoms with E-state index >= 15 is 0 Å². The topological polar surface area (TPSA) is 23.8 Å². The average Bonchev–Trinajstić information content (AvgIpc) is 2.18. The molecule has 0 fully saturated rings. The molecule has 0 heterocycles. The minimum absolute atomic E-state index is 0.295. The molecule has 1 rings (SSSR count). The Morgan fingerprint density at radius 3 is 2.07 bits per heavy atom. The molecule has 0 amide bonds. The normalized spacial score (nSPS) is 13.6. The van der Waals surface area contributed by atoms with Crippen LogP contribution in [0.25, 0.3) is 0 Å². The number of hydrogen-bond donors (Lipinski definition) is 0. The lowest BCUT2D eigenvalue weighted by molar-refractivity contribution is 0.307. The molecule has 1 atom stereocenters. The first-order valence-corrected chi connectivity index (χ1v) is 5.45. The second-order valence-electron chi connectivity index (χ2n) is 4.97. The Kier molecular flexibility index (Phi) is 3.52. The largest absolute Gasteiger partial charge is 0.198 e. The Hall–Kier alpha value is -1.29. The van der Waals surface area contributed by atoms with Crippen molar-refractivity contribution in [2.45, 2.75) is 33.6 Å². The fourth-order valence-corrected chi connectivity index (χ4v) is 2.36. The number of rotatable bonds is 3. The molecule has 0 aliphatic carbocycles. The number of nitrogens with zero attached hydrogens (tertiary/aromatic N) is 1. The summed E-state index contributed by atoms with van der Waals surface area (Å²) in [6, 6.07) is 12.7. The van der Waals surface area contributed by atoms with Crippen molar-refractivity contribution in [3.05, 3.63) is 35.9 Å². The van der Waals surface area contributed by atoms with Crippen molar-refractivity contribution in [2.75, 3.05) is 0 Å². The van der Waals surface area contributed by atoms with Crippen LogP contribution >= 0.6 is 0 Å². The first-order valence-electron chi connectivity index (χ1n) is 5.45. The van der Waals surface area contributed by atoms with Gasteiger partial charge in [-0.3, -0.25) is 0 Å². The molecular formula is C14H19N. The minimum Gasteiger partial charge on any atom is -0.198 e. The van der Waals surface area contributed by atoms with E-state index in [1.165, 1.54) is 5.56 Å². The lowest BCUT2D eigenvalue weighted by Crippen LogP contribution is -2.24. The van der Waals surface area contributed by atoms with Crippen LogP contribution in [0.4, 0.5) is 0 Å². The molecule has 0 spiro atoms. The van der Waals surface area contributed by atoms with Crippen molar-refractivity contribution in [3.63, 3.8) is 0 Å². The van der Waals surface area contributed by atoms with E-state index in [1.54, 1.807) is 0 Å². The summed E-state index contributed by atoms with van der Waals surface area (Å²) in [5.41, 5.74) is 0.953. The van der Waals surface area contributed by atoms with Crippen LogP contribution < -0.4 is 0 Å². The molecule has 1 unspecified atom stereocenters. The highest BCUT2D eigenvalue weighted by atomic mass is 14.4. The molecule has 1 heteroatoms. The van der Waals surface area contributed by atoms with Crippen molar-refractivity contribution in [3.8, 4) is 6.07 Å². The van der Waals surface area contributed by atoms with E-state index in [0.717, 1.165) is 0 Å². The lowest BCUT2D eigenvalue weighted by atomic mass is 9.70. The Morgan fingerprint density at radius 2 is 1.67 bits per heavy atom.